The first kappa shape index (κ1) is 11.9. The number of aliphatic carboxylic acids is 1. The Hall–Kier alpha value is -1.06. The van der Waals surface area contributed by atoms with Crippen LogP contribution < -0.4 is 0 Å². The van der Waals surface area contributed by atoms with Crippen LogP contribution in [0, 0.1) is 0 Å². The standard InChI is InChI=1S/C9H10O3.ClH/c10-8(9(11)12)6-7-4-2-1-3-5-7;/h1-5,8,10H,6H2,(H,11,12);1H. The highest BCUT2D eigenvalue weighted by Gasteiger charge is 2.12. The second-order valence-electron chi connectivity index (χ2n) is 2.54. The van der Waals surface area contributed by atoms with Crippen LogP contribution in [0.4, 0.5) is 0 Å². The van der Waals surface area contributed by atoms with Crippen molar-refractivity contribution in [3.63, 3.8) is 0 Å². The summed E-state index contributed by atoms with van der Waals surface area (Å²) >= 11 is 0. The van der Waals surface area contributed by atoms with Gasteiger partial charge < -0.3 is 10.2 Å². The number of hydrogen-bond acceptors (Lipinski definition) is 2. The molecule has 0 aliphatic rings. The van der Waals surface area contributed by atoms with Crippen molar-refractivity contribution < 1.29 is 15.0 Å². The van der Waals surface area contributed by atoms with Gasteiger partial charge in [0.15, 0.2) is 6.10 Å². The second kappa shape index (κ2) is 5.56. The fourth-order valence-corrected chi connectivity index (χ4v) is 0.925. The molecular weight excluding hydrogens is 192 g/mol. The van der Waals surface area contributed by atoms with Crippen molar-refractivity contribution in [3.05, 3.63) is 35.9 Å². The topological polar surface area (TPSA) is 57.5 Å². The van der Waals surface area contributed by atoms with Gasteiger partial charge >= 0.3 is 5.97 Å². The molecule has 0 spiro atoms. The maximum absolute atomic E-state index is 10.3. The lowest BCUT2D eigenvalue weighted by molar-refractivity contribution is -0.146. The Kier molecular flexibility index (Phi) is 5.11. The zero-order valence-electron chi connectivity index (χ0n) is 6.88. The SMILES string of the molecule is Cl.O=C(O)C(O)Cc1ccccc1. The van der Waals surface area contributed by atoms with E-state index in [-0.39, 0.29) is 18.8 Å². The summed E-state index contributed by atoms with van der Waals surface area (Å²) in [5, 5.41) is 17.4. The van der Waals surface area contributed by atoms with E-state index in [1.165, 1.54) is 0 Å². The predicted molar refractivity (Wildman–Crippen MR) is 51.0 cm³/mol. The van der Waals surface area contributed by atoms with Gasteiger partial charge in [0.2, 0.25) is 0 Å². The van der Waals surface area contributed by atoms with E-state index >= 15 is 0 Å². The molecule has 0 saturated heterocycles. The molecule has 0 aromatic heterocycles. The highest BCUT2D eigenvalue weighted by atomic mass is 35.5. The molecule has 4 heteroatoms. The van der Waals surface area contributed by atoms with Crippen LogP contribution in [0.1, 0.15) is 5.56 Å². The minimum Gasteiger partial charge on any atom is -0.479 e. The van der Waals surface area contributed by atoms with E-state index in [9.17, 15) is 4.79 Å². The number of halogens is 1. The number of rotatable bonds is 3. The summed E-state index contributed by atoms with van der Waals surface area (Å²) in [6.45, 7) is 0. The lowest BCUT2D eigenvalue weighted by atomic mass is 10.1. The van der Waals surface area contributed by atoms with Crippen LogP contribution in [0.5, 0.6) is 0 Å². The minimum atomic E-state index is -1.30. The maximum atomic E-state index is 10.3. The molecule has 1 atom stereocenters. The van der Waals surface area contributed by atoms with Gasteiger partial charge in [0.25, 0.3) is 0 Å². The van der Waals surface area contributed by atoms with Crippen molar-refractivity contribution >= 4 is 18.4 Å². The normalized spacial score (nSPS) is 11.5. The number of aliphatic hydroxyl groups is 1. The first-order chi connectivity index (χ1) is 5.70. The van der Waals surface area contributed by atoms with Gasteiger partial charge in [0, 0.05) is 6.42 Å². The Bertz CT molecular complexity index is 261. The van der Waals surface area contributed by atoms with Crippen LogP contribution in [0.2, 0.25) is 0 Å². The zero-order valence-corrected chi connectivity index (χ0v) is 7.70. The van der Waals surface area contributed by atoms with E-state index in [4.69, 9.17) is 10.2 Å². The number of benzene rings is 1. The second-order valence-corrected chi connectivity index (χ2v) is 2.54. The molecule has 0 aliphatic heterocycles. The Morgan fingerprint density at radius 1 is 1.31 bits per heavy atom. The average Bonchev–Trinajstić information content (AvgIpc) is 2.06. The van der Waals surface area contributed by atoms with Crippen LogP contribution in [0.15, 0.2) is 30.3 Å². The molecule has 1 rings (SSSR count). The van der Waals surface area contributed by atoms with Crippen molar-refractivity contribution in [1.29, 1.82) is 0 Å². The van der Waals surface area contributed by atoms with E-state index in [1.807, 2.05) is 18.2 Å². The Balaban J connectivity index is 0.00000144. The molecule has 0 heterocycles. The number of aliphatic hydroxyl groups excluding tert-OH is 1. The predicted octanol–water partition coefficient (Wildman–Crippen LogP) is 1.10. The molecule has 0 saturated carbocycles. The van der Waals surface area contributed by atoms with Crippen molar-refractivity contribution in [2.45, 2.75) is 12.5 Å². The van der Waals surface area contributed by atoms with Crippen molar-refractivity contribution in [2.75, 3.05) is 0 Å². The lowest BCUT2D eigenvalue weighted by Crippen LogP contribution is -2.21. The minimum absolute atomic E-state index is 0. The first-order valence-corrected chi connectivity index (χ1v) is 3.65. The van der Waals surface area contributed by atoms with E-state index < -0.39 is 12.1 Å². The molecule has 0 aliphatic carbocycles. The number of carboxylic acid groups (broad SMARTS) is 1. The summed E-state index contributed by atoms with van der Waals surface area (Å²) < 4.78 is 0. The monoisotopic (exact) mass is 202 g/mol. The average molecular weight is 203 g/mol. The highest BCUT2D eigenvalue weighted by Crippen LogP contribution is 2.02. The molecule has 13 heavy (non-hydrogen) atoms. The molecule has 0 radical (unpaired) electrons. The third-order valence-corrected chi connectivity index (χ3v) is 1.56. The molecule has 2 N–H and O–H groups in total. The van der Waals surface area contributed by atoms with E-state index in [0.29, 0.717) is 0 Å². The zero-order chi connectivity index (χ0) is 8.97. The van der Waals surface area contributed by atoms with Crippen LogP contribution >= 0.6 is 12.4 Å². The molecule has 1 aromatic rings. The van der Waals surface area contributed by atoms with Crippen LogP contribution in [0.25, 0.3) is 0 Å². The summed E-state index contributed by atoms with van der Waals surface area (Å²) in [7, 11) is 0. The van der Waals surface area contributed by atoms with Gasteiger partial charge in [-0.2, -0.15) is 0 Å². The van der Waals surface area contributed by atoms with Gasteiger partial charge in [0.1, 0.15) is 0 Å². The molecule has 0 amide bonds. The maximum Gasteiger partial charge on any atom is 0.332 e. The molecule has 1 aromatic carbocycles. The molecule has 1 unspecified atom stereocenters. The van der Waals surface area contributed by atoms with E-state index in [0.717, 1.165) is 5.56 Å². The van der Waals surface area contributed by atoms with Crippen molar-refractivity contribution in [2.24, 2.45) is 0 Å². The summed E-state index contributed by atoms with van der Waals surface area (Å²) in [6, 6.07) is 9.03. The van der Waals surface area contributed by atoms with Crippen molar-refractivity contribution in [1.82, 2.24) is 0 Å². The third-order valence-electron chi connectivity index (χ3n) is 1.56. The quantitative estimate of drug-likeness (QED) is 0.772. The summed E-state index contributed by atoms with van der Waals surface area (Å²) in [5.41, 5.74) is 0.826. The van der Waals surface area contributed by atoms with Gasteiger partial charge in [-0.25, -0.2) is 4.79 Å². The van der Waals surface area contributed by atoms with Crippen LogP contribution in [-0.4, -0.2) is 22.3 Å². The summed E-state index contributed by atoms with van der Waals surface area (Å²) in [5.74, 6) is -1.18. The van der Waals surface area contributed by atoms with Crippen LogP contribution in [-0.2, 0) is 11.2 Å². The largest absolute Gasteiger partial charge is 0.479 e. The molecule has 0 fully saturated rings. The van der Waals surface area contributed by atoms with E-state index in [1.54, 1.807) is 12.1 Å². The Morgan fingerprint density at radius 3 is 2.31 bits per heavy atom. The third kappa shape index (κ3) is 3.92. The Morgan fingerprint density at radius 2 is 1.85 bits per heavy atom. The number of carbonyl (C=O) groups is 1. The smallest absolute Gasteiger partial charge is 0.332 e. The van der Waals surface area contributed by atoms with Crippen LogP contribution in [0.3, 0.4) is 0 Å². The first-order valence-electron chi connectivity index (χ1n) is 3.65. The summed E-state index contributed by atoms with van der Waals surface area (Å²) in [6.07, 6.45) is -1.14. The number of hydrogen-bond donors (Lipinski definition) is 2. The fourth-order valence-electron chi connectivity index (χ4n) is 0.925. The molecule has 3 nitrogen and oxygen atoms in total. The number of carboxylic acids is 1. The highest BCUT2D eigenvalue weighted by molar-refractivity contribution is 5.85. The Labute approximate surface area is 82.4 Å². The van der Waals surface area contributed by atoms with Gasteiger partial charge in [-0.15, -0.1) is 12.4 Å². The van der Waals surface area contributed by atoms with Gasteiger partial charge in [-0.1, -0.05) is 30.3 Å². The summed E-state index contributed by atoms with van der Waals surface area (Å²) in [4.78, 5) is 10.3. The molecular formula is C9H11ClO3. The van der Waals surface area contributed by atoms with Gasteiger partial charge in [0.05, 0.1) is 0 Å². The fraction of sp³-hybridized carbons (Fsp3) is 0.222. The van der Waals surface area contributed by atoms with E-state index in [2.05, 4.69) is 0 Å². The lowest BCUT2D eigenvalue weighted by Gasteiger charge is -2.03. The van der Waals surface area contributed by atoms with Gasteiger partial charge in [-0.3, -0.25) is 0 Å². The molecule has 72 valence electrons. The molecule has 0 bridgehead atoms. The van der Waals surface area contributed by atoms with Gasteiger partial charge in [-0.05, 0) is 5.56 Å². The van der Waals surface area contributed by atoms with Crippen molar-refractivity contribution in [3.8, 4) is 0 Å².